The molecule has 0 amide bonds. The molecule has 1 saturated heterocycles. The Labute approximate surface area is 61.9 Å². The summed E-state index contributed by atoms with van der Waals surface area (Å²) < 4.78 is 5.39. The van der Waals surface area contributed by atoms with Gasteiger partial charge in [-0.2, -0.15) is 0 Å². The van der Waals surface area contributed by atoms with Gasteiger partial charge in [-0.25, -0.2) is 0 Å². The van der Waals surface area contributed by atoms with E-state index in [4.69, 9.17) is 4.74 Å². The van der Waals surface area contributed by atoms with Crippen molar-refractivity contribution in [2.75, 3.05) is 19.8 Å². The predicted octanol–water partition coefficient (Wildman–Crippen LogP) is 0.775. The van der Waals surface area contributed by atoms with Gasteiger partial charge in [0.1, 0.15) is 0 Å². The van der Waals surface area contributed by atoms with Gasteiger partial charge >= 0.3 is 0 Å². The molecule has 2 rings (SSSR count). The van der Waals surface area contributed by atoms with E-state index in [1.54, 1.807) is 0 Å². The van der Waals surface area contributed by atoms with Gasteiger partial charge in [0.25, 0.3) is 0 Å². The van der Waals surface area contributed by atoms with Gasteiger partial charge in [-0.3, -0.25) is 0 Å². The van der Waals surface area contributed by atoms with Crippen LogP contribution >= 0.6 is 0 Å². The molecule has 1 aliphatic carbocycles. The maximum atomic E-state index is 5.39. The highest BCUT2D eigenvalue weighted by molar-refractivity contribution is 4.99. The highest BCUT2D eigenvalue weighted by Crippen LogP contribution is 2.48. The molecule has 10 heavy (non-hydrogen) atoms. The third-order valence-corrected chi connectivity index (χ3v) is 2.80. The fraction of sp³-hybridized carbons (Fsp3) is 1.00. The first-order valence-electron chi connectivity index (χ1n) is 4.12. The van der Waals surface area contributed by atoms with E-state index in [2.05, 4.69) is 12.2 Å². The summed E-state index contributed by atoms with van der Waals surface area (Å²) in [6.45, 7) is 5.21. The Bertz CT molecular complexity index is 125. The lowest BCUT2D eigenvalue weighted by atomic mass is 9.99. The fourth-order valence-electron chi connectivity index (χ4n) is 1.56. The van der Waals surface area contributed by atoms with E-state index in [1.807, 2.05) is 0 Å². The van der Waals surface area contributed by atoms with Gasteiger partial charge in [-0.15, -0.1) is 0 Å². The van der Waals surface area contributed by atoms with E-state index in [0.717, 1.165) is 19.8 Å². The highest BCUT2D eigenvalue weighted by atomic mass is 16.5. The first-order chi connectivity index (χ1) is 4.81. The summed E-state index contributed by atoms with van der Waals surface area (Å²) in [4.78, 5) is 0. The molecule has 0 aromatic rings. The van der Waals surface area contributed by atoms with Crippen LogP contribution in [0.4, 0.5) is 0 Å². The minimum Gasteiger partial charge on any atom is -0.378 e. The summed E-state index contributed by atoms with van der Waals surface area (Å²) in [7, 11) is 0. The third kappa shape index (κ3) is 1.06. The van der Waals surface area contributed by atoms with Crippen LogP contribution in [0.2, 0.25) is 0 Å². The molecule has 2 heteroatoms. The average Bonchev–Trinajstić information content (AvgIpc) is 2.72. The Hall–Kier alpha value is -0.0800. The van der Waals surface area contributed by atoms with Crippen molar-refractivity contribution in [3.63, 3.8) is 0 Å². The SMILES string of the molecule is CC1(C2COCCN2)CC1. The van der Waals surface area contributed by atoms with Crippen LogP contribution in [-0.2, 0) is 4.74 Å². The van der Waals surface area contributed by atoms with E-state index >= 15 is 0 Å². The molecule has 2 nitrogen and oxygen atoms in total. The van der Waals surface area contributed by atoms with Crippen molar-refractivity contribution in [3.8, 4) is 0 Å². The molecule has 0 bridgehead atoms. The Balaban J connectivity index is 1.91. The van der Waals surface area contributed by atoms with Crippen molar-refractivity contribution in [1.82, 2.24) is 5.32 Å². The molecule has 1 heterocycles. The Morgan fingerprint density at radius 2 is 2.30 bits per heavy atom. The topological polar surface area (TPSA) is 21.3 Å². The Kier molecular flexibility index (Phi) is 1.46. The molecule has 58 valence electrons. The maximum absolute atomic E-state index is 5.39. The molecule has 0 aromatic carbocycles. The second kappa shape index (κ2) is 2.21. The summed E-state index contributed by atoms with van der Waals surface area (Å²) in [5.74, 6) is 0. The number of hydrogen-bond donors (Lipinski definition) is 1. The lowest BCUT2D eigenvalue weighted by Gasteiger charge is -2.28. The molecule has 0 aromatic heterocycles. The second-order valence-electron chi connectivity index (χ2n) is 3.74. The summed E-state index contributed by atoms with van der Waals surface area (Å²) in [5.41, 5.74) is 0.584. The summed E-state index contributed by atoms with van der Waals surface area (Å²) in [6, 6.07) is 0.640. The zero-order valence-electron chi connectivity index (χ0n) is 6.52. The average molecular weight is 141 g/mol. The van der Waals surface area contributed by atoms with Crippen LogP contribution in [0.25, 0.3) is 0 Å². The Morgan fingerprint density at radius 1 is 1.50 bits per heavy atom. The second-order valence-corrected chi connectivity index (χ2v) is 3.74. The lowest BCUT2D eigenvalue weighted by Crippen LogP contribution is -2.46. The molecule has 1 aliphatic heterocycles. The van der Waals surface area contributed by atoms with Gasteiger partial charge in [0.05, 0.1) is 13.2 Å². The zero-order valence-corrected chi connectivity index (χ0v) is 6.52. The van der Waals surface area contributed by atoms with Crippen LogP contribution in [0.1, 0.15) is 19.8 Å². The van der Waals surface area contributed by atoms with Crippen molar-refractivity contribution in [3.05, 3.63) is 0 Å². The number of hydrogen-bond acceptors (Lipinski definition) is 2. The maximum Gasteiger partial charge on any atom is 0.0625 e. The number of rotatable bonds is 1. The fourth-order valence-corrected chi connectivity index (χ4v) is 1.56. The minimum atomic E-state index is 0.584. The van der Waals surface area contributed by atoms with Crippen molar-refractivity contribution in [2.45, 2.75) is 25.8 Å². The van der Waals surface area contributed by atoms with Crippen LogP contribution in [0.5, 0.6) is 0 Å². The molecule has 1 N–H and O–H groups in total. The number of ether oxygens (including phenoxy) is 1. The van der Waals surface area contributed by atoms with Crippen LogP contribution in [-0.4, -0.2) is 25.8 Å². The van der Waals surface area contributed by atoms with Crippen molar-refractivity contribution < 1.29 is 4.74 Å². The normalized spacial score (nSPS) is 37.5. The molecule has 1 saturated carbocycles. The largest absolute Gasteiger partial charge is 0.378 e. The van der Waals surface area contributed by atoms with Gasteiger partial charge in [-0.05, 0) is 18.3 Å². The summed E-state index contributed by atoms with van der Waals surface area (Å²) >= 11 is 0. The molecule has 0 radical (unpaired) electrons. The van der Waals surface area contributed by atoms with Crippen LogP contribution in [0.3, 0.4) is 0 Å². The first-order valence-corrected chi connectivity index (χ1v) is 4.12. The monoisotopic (exact) mass is 141 g/mol. The van der Waals surface area contributed by atoms with E-state index in [9.17, 15) is 0 Å². The van der Waals surface area contributed by atoms with Crippen LogP contribution in [0, 0.1) is 5.41 Å². The number of nitrogens with one attached hydrogen (secondary N) is 1. The lowest BCUT2D eigenvalue weighted by molar-refractivity contribution is 0.0545. The Morgan fingerprint density at radius 3 is 2.80 bits per heavy atom. The highest BCUT2D eigenvalue weighted by Gasteiger charge is 2.45. The van der Waals surface area contributed by atoms with Gasteiger partial charge in [0, 0.05) is 12.6 Å². The van der Waals surface area contributed by atoms with Crippen molar-refractivity contribution in [1.29, 1.82) is 0 Å². The standard InChI is InChI=1S/C8H15NO/c1-8(2-3-8)7-6-10-5-4-9-7/h7,9H,2-6H2,1H3. The summed E-state index contributed by atoms with van der Waals surface area (Å²) in [6.07, 6.45) is 2.77. The minimum absolute atomic E-state index is 0.584. The van der Waals surface area contributed by atoms with E-state index in [0.29, 0.717) is 11.5 Å². The molecule has 2 fully saturated rings. The van der Waals surface area contributed by atoms with Crippen LogP contribution < -0.4 is 5.32 Å². The third-order valence-electron chi connectivity index (χ3n) is 2.80. The molecule has 1 unspecified atom stereocenters. The summed E-state index contributed by atoms with van der Waals surface area (Å²) in [5, 5.41) is 3.50. The van der Waals surface area contributed by atoms with Crippen molar-refractivity contribution in [2.24, 2.45) is 5.41 Å². The van der Waals surface area contributed by atoms with Gasteiger partial charge < -0.3 is 10.1 Å². The smallest absolute Gasteiger partial charge is 0.0625 e. The zero-order chi connectivity index (χ0) is 7.03. The first kappa shape index (κ1) is 6.62. The van der Waals surface area contributed by atoms with Crippen molar-refractivity contribution >= 4 is 0 Å². The molecule has 0 spiro atoms. The quantitative estimate of drug-likeness (QED) is 0.582. The van der Waals surface area contributed by atoms with E-state index in [1.165, 1.54) is 12.8 Å². The molecular formula is C8H15NO. The number of morpholine rings is 1. The molecule has 2 aliphatic rings. The molecule has 1 atom stereocenters. The molecular weight excluding hydrogens is 126 g/mol. The van der Waals surface area contributed by atoms with Crippen LogP contribution in [0.15, 0.2) is 0 Å². The van der Waals surface area contributed by atoms with Gasteiger partial charge in [0.2, 0.25) is 0 Å². The predicted molar refractivity (Wildman–Crippen MR) is 40.0 cm³/mol. The van der Waals surface area contributed by atoms with Gasteiger partial charge in [0.15, 0.2) is 0 Å². The van der Waals surface area contributed by atoms with E-state index < -0.39 is 0 Å². The van der Waals surface area contributed by atoms with Gasteiger partial charge in [-0.1, -0.05) is 6.92 Å². The van der Waals surface area contributed by atoms with E-state index in [-0.39, 0.29) is 0 Å².